The molecule has 0 spiro atoms. The number of fused-ring (bicyclic) bond motifs is 5. The highest BCUT2D eigenvalue weighted by Gasteiger charge is 2.62. The van der Waals surface area contributed by atoms with E-state index in [4.69, 9.17) is 9.47 Å². The molecule has 1 N–H and O–H groups in total. The first-order valence-electron chi connectivity index (χ1n) is 7.92. The summed E-state index contributed by atoms with van der Waals surface area (Å²) >= 11 is 0. The smallest absolute Gasteiger partial charge is 0.316 e. The molecule has 118 valence electrons. The molecule has 0 aromatic heterocycles. The van der Waals surface area contributed by atoms with Crippen molar-refractivity contribution in [1.29, 1.82) is 0 Å². The van der Waals surface area contributed by atoms with Crippen LogP contribution in [0.25, 0.3) is 0 Å². The number of ether oxygens (including phenoxy) is 2. The quantitative estimate of drug-likeness (QED) is 0.662. The van der Waals surface area contributed by atoms with Crippen LogP contribution in [0, 0.1) is 0 Å². The number of hydrogen-bond donors (Lipinski definition) is 1. The zero-order chi connectivity index (χ0) is 15.3. The van der Waals surface area contributed by atoms with Crippen LogP contribution in [0.3, 0.4) is 0 Å². The lowest BCUT2D eigenvalue weighted by Gasteiger charge is -2.38. The Labute approximate surface area is 129 Å². The molecule has 3 fully saturated rings. The van der Waals surface area contributed by atoms with Crippen molar-refractivity contribution in [3.63, 3.8) is 0 Å². The Balaban J connectivity index is 1.42. The molecular formula is C17H21NO4. The molecule has 2 bridgehead atoms. The third-order valence-corrected chi connectivity index (χ3v) is 5.33. The molecule has 0 saturated carbocycles. The fourth-order valence-electron chi connectivity index (χ4n) is 4.04. The van der Waals surface area contributed by atoms with Gasteiger partial charge in [0.2, 0.25) is 0 Å². The number of carbonyl (C=O) groups is 1. The molecule has 4 rings (SSSR count). The molecule has 0 aliphatic carbocycles. The van der Waals surface area contributed by atoms with E-state index in [-0.39, 0.29) is 18.7 Å². The van der Waals surface area contributed by atoms with Crippen LogP contribution in [0.15, 0.2) is 30.3 Å². The van der Waals surface area contributed by atoms with Gasteiger partial charge < -0.3 is 14.6 Å². The number of piperidine rings is 1. The maximum atomic E-state index is 12.4. The monoisotopic (exact) mass is 303 g/mol. The highest BCUT2D eigenvalue weighted by Crippen LogP contribution is 2.48. The molecule has 5 nitrogen and oxygen atoms in total. The van der Waals surface area contributed by atoms with E-state index in [0.717, 1.165) is 18.4 Å². The Morgan fingerprint density at radius 2 is 1.95 bits per heavy atom. The molecule has 0 amide bonds. The molecule has 1 aromatic rings. The van der Waals surface area contributed by atoms with E-state index in [9.17, 15) is 9.90 Å². The summed E-state index contributed by atoms with van der Waals surface area (Å²) in [5.41, 5.74) is 0.803. The lowest BCUT2D eigenvalue weighted by atomic mass is 9.97. The molecule has 3 heterocycles. The molecule has 3 unspecified atom stereocenters. The third-order valence-electron chi connectivity index (χ3n) is 5.33. The van der Waals surface area contributed by atoms with Crippen molar-refractivity contribution >= 4 is 5.97 Å². The summed E-state index contributed by atoms with van der Waals surface area (Å²) in [7, 11) is 2.13. The van der Waals surface area contributed by atoms with Gasteiger partial charge in [-0.05, 0) is 12.6 Å². The minimum atomic E-state index is -0.593. The summed E-state index contributed by atoms with van der Waals surface area (Å²) in [4.78, 5) is 14.8. The fourth-order valence-corrected chi connectivity index (χ4v) is 4.04. The molecule has 22 heavy (non-hydrogen) atoms. The van der Waals surface area contributed by atoms with Crippen molar-refractivity contribution in [3.05, 3.63) is 35.9 Å². The number of aliphatic hydroxyl groups is 1. The van der Waals surface area contributed by atoms with Crippen molar-refractivity contribution in [2.45, 2.75) is 49.2 Å². The maximum Gasteiger partial charge on any atom is 0.316 e. The van der Waals surface area contributed by atoms with Crippen molar-refractivity contribution < 1.29 is 19.4 Å². The predicted molar refractivity (Wildman–Crippen MR) is 79.4 cm³/mol. The van der Waals surface area contributed by atoms with E-state index >= 15 is 0 Å². The fraction of sp³-hybridized carbons (Fsp3) is 0.588. The van der Waals surface area contributed by atoms with Crippen molar-refractivity contribution in [3.8, 4) is 0 Å². The topological polar surface area (TPSA) is 62.3 Å². The number of likely N-dealkylation sites (N-methyl/N-ethyl adjacent to an activating group) is 1. The molecule has 5 heteroatoms. The van der Waals surface area contributed by atoms with Crippen molar-refractivity contribution in [2.24, 2.45) is 0 Å². The van der Waals surface area contributed by atoms with E-state index in [0.29, 0.717) is 24.3 Å². The molecule has 3 aliphatic heterocycles. The Kier molecular flexibility index (Phi) is 3.44. The number of epoxide rings is 1. The minimum absolute atomic E-state index is 0.0622. The Bertz CT molecular complexity index is 545. The second-order valence-corrected chi connectivity index (χ2v) is 6.54. The van der Waals surface area contributed by atoms with Crippen LogP contribution in [0.5, 0.6) is 0 Å². The number of esters is 1. The van der Waals surface area contributed by atoms with Crippen LogP contribution in [0.1, 0.15) is 24.3 Å². The summed E-state index contributed by atoms with van der Waals surface area (Å²) in [5.74, 6) is -0.915. The number of nitrogens with zero attached hydrogens (tertiary/aromatic N) is 1. The van der Waals surface area contributed by atoms with Crippen molar-refractivity contribution in [2.75, 3.05) is 13.7 Å². The van der Waals surface area contributed by atoms with Gasteiger partial charge in [0.05, 0.1) is 6.61 Å². The highest BCUT2D eigenvalue weighted by atomic mass is 16.6. The first kappa shape index (κ1) is 14.2. The normalized spacial score (nSPS) is 37.5. The van der Waals surface area contributed by atoms with E-state index in [1.807, 2.05) is 30.3 Å². The first-order valence-corrected chi connectivity index (χ1v) is 7.92. The molecule has 0 radical (unpaired) electrons. The van der Waals surface area contributed by atoms with Gasteiger partial charge in [0.1, 0.15) is 24.2 Å². The van der Waals surface area contributed by atoms with Crippen LogP contribution in [-0.2, 0) is 14.3 Å². The van der Waals surface area contributed by atoms with Crippen LogP contribution in [0.2, 0.25) is 0 Å². The third kappa shape index (κ3) is 2.24. The van der Waals surface area contributed by atoms with Gasteiger partial charge >= 0.3 is 5.97 Å². The summed E-state index contributed by atoms with van der Waals surface area (Å²) in [5, 5.41) is 9.56. The maximum absolute atomic E-state index is 12.4. The second-order valence-electron chi connectivity index (χ2n) is 6.54. The van der Waals surface area contributed by atoms with E-state index in [2.05, 4.69) is 11.9 Å². The number of hydrogen-bond acceptors (Lipinski definition) is 5. The number of benzene rings is 1. The molecule has 3 saturated heterocycles. The number of aliphatic hydroxyl groups excluding tert-OH is 1. The van der Waals surface area contributed by atoms with Gasteiger partial charge in [-0.25, -0.2) is 0 Å². The van der Waals surface area contributed by atoms with Crippen LogP contribution >= 0.6 is 0 Å². The van der Waals surface area contributed by atoms with Gasteiger partial charge in [0.15, 0.2) is 0 Å². The van der Waals surface area contributed by atoms with Gasteiger partial charge in [-0.2, -0.15) is 0 Å². The van der Waals surface area contributed by atoms with E-state index < -0.39 is 5.92 Å². The summed E-state index contributed by atoms with van der Waals surface area (Å²) < 4.78 is 11.4. The number of morpholine rings is 1. The minimum Gasteiger partial charge on any atom is -0.462 e. The van der Waals surface area contributed by atoms with Crippen LogP contribution in [0.4, 0.5) is 0 Å². The summed E-state index contributed by atoms with van der Waals surface area (Å²) in [6.45, 7) is -0.226. The lowest BCUT2D eigenvalue weighted by Crippen LogP contribution is -2.48. The van der Waals surface area contributed by atoms with Gasteiger partial charge in [-0.1, -0.05) is 30.3 Å². The van der Waals surface area contributed by atoms with Gasteiger partial charge in [0, 0.05) is 24.9 Å². The Hall–Kier alpha value is -1.43. The molecule has 5 atom stereocenters. The lowest BCUT2D eigenvalue weighted by molar-refractivity contribution is -0.156. The van der Waals surface area contributed by atoms with E-state index in [1.54, 1.807) is 0 Å². The van der Waals surface area contributed by atoms with Crippen LogP contribution < -0.4 is 0 Å². The largest absolute Gasteiger partial charge is 0.462 e. The SMILES string of the molecule is CN1[C@H]2CC(OC(=O)C(CO)c3ccccc3)C[C@H]1C1OC12. The zero-order valence-electron chi connectivity index (χ0n) is 12.6. The van der Waals surface area contributed by atoms with Crippen molar-refractivity contribution in [1.82, 2.24) is 4.90 Å². The van der Waals surface area contributed by atoms with Gasteiger partial charge in [-0.15, -0.1) is 0 Å². The van der Waals surface area contributed by atoms with Gasteiger partial charge in [0.25, 0.3) is 0 Å². The molecule has 1 aromatic carbocycles. The summed E-state index contributed by atoms with van der Waals surface area (Å²) in [6.07, 6.45) is 2.26. The Morgan fingerprint density at radius 1 is 1.32 bits per heavy atom. The second kappa shape index (κ2) is 5.33. The standard InChI is InChI=1S/C17H21NO4/c1-18-13-7-11(8-14(18)16-15(13)22-16)21-17(20)12(9-19)10-5-3-2-4-6-10/h2-6,11-16,19H,7-9H2,1H3/t11?,12?,13-,14-,15?,16?/m0/s1. The summed E-state index contributed by atoms with van der Waals surface area (Å²) in [6, 6.07) is 10.1. The highest BCUT2D eigenvalue weighted by molar-refractivity contribution is 5.78. The zero-order valence-corrected chi connectivity index (χ0v) is 12.6. The number of carbonyl (C=O) groups excluding carboxylic acids is 1. The molecule has 3 aliphatic rings. The first-order chi connectivity index (χ1) is 10.7. The predicted octanol–water partition coefficient (Wildman–Crippen LogP) is 0.918. The molecular weight excluding hydrogens is 282 g/mol. The van der Waals surface area contributed by atoms with Gasteiger partial charge in [-0.3, -0.25) is 9.69 Å². The average molecular weight is 303 g/mol. The Morgan fingerprint density at radius 3 is 2.55 bits per heavy atom. The number of rotatable bonds is 4. The average Bonchev–Trinajstić information content (AvgIpc) is 3.27. The van der Waals surface area contributed by atoms with Crippen LogP contribution in [-0.4, -0.2) is 60.0 Å². The van der Waals surface area contributed by atoms with E-state index in [1.165, 1.54) is 0 Å².